The molecule has 120 valence electrons. The Morgan fingerprint density at radius 3 is 2.65 bits per heavy atom. The van der Waals surface area contributed by atoms with E-state index >= 15 is 0 Å². The van der Waals surface area contributed by atoms with E-state index in [1.165, 1.54) is 12.3 Å². The molecule has 0 spiro atoms. The molecule has 0 atom stereocenters. The Bertz CT molecular complexity index is 696. The molecular formula is C17H18N2O4. The van der Waals surface area contributed by atoms with Crippen LogP contribution in [0.4, 0.5) is 0 Å². The average Bonchev–Trinajstić information content (AvgIpc) is 2.58. The third-order valence-electron chi connectivity index (χ3n) is 3.02. The Kier molecular flexibility index (Phi) is 5.57. The van der Waals surface area contributed by atoms with E-state index in [0.29, 0.717) is 29.2 Å². The predicted molar refractivity (Wildman–Crippen MR) is 87.3 cm³/mol. The van der Waals surface area contributed by atoms with Gasteiger partial charge < -0.3 is 14.6 Å². The van der Waals surface area contributed by atoms with E-state index < -0.39 is 0 Å². The lowest BCUT2D eigenvalue weighted by atomic mass is 10.2. The lowest BCUT2D eigenvalue weighted by Gasteiger charge is -2.06. The normalized spacial score (nSPS) is 10.5. The zero-order chi connectivity index (χ0) is 16.7. The third-order valence-corrected chi connectivity index (χ3v) is 3.02. The molecule has 0 aliphatic rings. The van der Waals surface area contributed by atoms with E-state index in [4.69, 9.17) is 9.47 Å². The summed E-state index contributed by atoms with van der Waals surface area (Å²) in [6, 6.07) is 11.5. The molecule has 6 heteroatoms. The van der Waals surface area contributed by atoms with Crippen molar-refractivity contribution in [2.24, 2.45) is 5.10 Å². The first-order chi connectivity index (χ1) is 11.1. The standard InChI is InChI=1S/C17H18N2O4/c1-3-23-16-10-12(4-9-15(16)20)11-18-19-17(21)13-5-7-14(22-2)8-6-13/h4-11,20H,3H2,1-2H3,(H,19,21). The Morgan fingerprint density at radius 1 is 1.26 bits per heavy atom. The Hall–Kier alpha value is -3.02. The molecular weight excluding hydrogens is 296 g/mol. The van der Waals surface area contributed by atoms with Crippen LogP contribution >= 0.6 is 0 Å². The lowest BCUT2D eigenvalue weighted by molar-refractivity contribution is 0.0955. The number of methoxy groups -OCH3 is 1. The van der Waals surface area contributed by atoms with Gasteiger partial charge in [0.15, 0.2) is 11.5 Å². The Balaban J connectivity index is 2.00. The van der Waals surface area contributed by atoms with Gasteiger partial charge in [-0.15, -0.1) is 0 Å². The van der Waals surface area contributed by atoms with Crippen molar-refractivity contribution < 1.29 is 19.4 Å². The molecule has 0 aliphatic carbocycles. The minimum atomic E-state index is -0.326. The number of aromatic hydroxyl groups is 1. The van der Waals surface area contributed by atoms with Gasteiger partial charge in [-0.2, -0.15) is 5.10 Å². The summed E-state index contributed by atoms with van der Waals surface area (Å²) >= 11 is 0. The summed E-state index contributed by atoms with van der Waals surface area (Å²) in [4.78, 5) is 11.9. The van der Waals surface area contributed by atoms with Crippen molar-refractivity contribution in [3.63, 3.8) is 0 Å². The van der Waals surface area contributed by atoms with Gasteiger partial charge in [-0.3, -0.25) is 4.79 Å². The van der Waals surface area contributed by atoms with Crippen LogP contribution in [0, 0.1) is 0 Å². The molecule has 2 aromatic carbocycles. The SMILES string of the molecule is CCOc1cc(C=NNC(=O)c2ccc(OC)cc2)ccc1O. The molecule has 0 bridgehead atoms. The van der Waals surface area contributed by atoms with Crippen molar-refractivity contribution in [3.05, 3.63) is 53.6 Å². The van der Waals surface area contributed by atoms with Gasteiger partial charge >= 0.3 is 0 Å². The highest BCUT2D eigenvalue weighted by Gasteiger charge is 2.05. The number of phenolic OH excluding ortho intramolecular Hbond substituents is 1. The van der Waals surface area contributed by atoms with E-state index in [9.17, 15) is 9.90 Å². The van der Waals surface area contributed by atoms with Gasteiger partial charge in [-0.05, 0) is 55.0 Å². The molecule has 0 aliphatic heterocycles. The van der Waals surface area contributed by atoms with Crippen molar-refractivity contribution in [1.29, 1.82) is 0 Å². The maximum atomic E-state index is 11.9. The van der Waals surface area contributed by atoms with Crippen molar-refractivity contribution >= 4 is 12.1 Å². The maximum Gasteiger partial charge on any atom is 0.271 e. The molecule has 6 nitrogen and oxygen atoms in total. The fourth-order valence-corrected chi connectivity index (χ4v) is 1.85. The predicted octanol–water partition coefficient (Wildman–Crippen LogP) is 2.56. The van der Waals surface area contributed by atoms with Crippen LogP contribution in [0.1, 0.15) is 22.8 Å². The van der Waals surface area contributed by atoms with Crippen molar-refractivity contribution in [2.75, 3.05) is 13.7 Å². The molecule has 0 aromatic heterocycles. The second-order valence-electron chi connectivity index (χ2n) is 4.59. The van der Waals surface area contributed by atoms with Crippen LogP contribution in [0.25, 0.3) is 0 Å². The zero-order valence-corrected chi connectivity index (χ0v) is 12.9. The molecule has 1 amide bonds. The first kappa shape index (κ1) is 16.4. The van der Waals surface area contributed by atoms with Gasteiger partial charge in [0, 0.05) is 5.56 Å². The maximum absolute atomic E-state index is 11.9. The molecule has 0 heterocycles. The number of carbonyl (C=O) groups is 1. The monoisotopic (exact) mass is 314 g/mol. The van der Waals surface area contributed by atoms with Gasteiger partial charge in [-0.1, -0.05) is 0 Å². The lowest BCUT2D eigenvalue weighted by Crippen LogP contribution is -2.17. The van der Waals surface area contributed by atoms with Gasteiger partial charge in [-0.25, -0.2) is 5.43 Å². The summed E-state index contributed by atoms with van der Waals surface area (Å²) < 4.78 is 10.3. The molecule has 0 saturated carbocycles. The van der Waals surface area contributed by atoms with Crippen molar-refractivity contribution in [3.8, 4) is 17.2 Å². The summed E-state index contributed by atoms with van der Waals surface area (Å²) in [5.41, 5.74) is 3.61. The Labute approximate surface area is 134 Å². The number of phenols is 1. The number of hydrazone groups is 1. The second-order valence-corrected chi connectivity index (χ2v) is 4.59. The van der Waals surface area contributed by atoms with E-state index in [2.05, 4.69) is 10.5 Å². The third kappa shape index (κ3) is 4.47. The van der Waals surface area contributed by atoms with E-state index in [0.717, 1.165) is 0 Å². The highest BCUT2D eigenvalue weighted by Crippen LogP contribution is 2.26. The van der Waals surface area contributed by atoms with Crippen LogP contribution < -0.4 is 14.9 Å². The number of carbonyl (C=O) groups excluding carboxylic acids is 1. The van der Waals surface area contributed by atoms with Crippen LogP contribution in [-0.4, -0.2) is 30.9 Å². The summed E-state index contributed by atoms with van der Waals surface area (Å²) in [7, 11) is 1.56. The molecule has 0 unspecified atom stereocenters. The molecule has 0 fully saturated rings. The minimum absolute atomic E-state index is 0.0614. The first-order valence-corrected chi connectivity index (χ1v) is 7.07. The van der Waals surface area contributed by atoms with Gasteiger partial charge in [0.25, 0.3) is 5.91 Å². The topological polar surface area (TPSA) is 80.2 Å². The van der Waals surface area contributed by atoms with E-state index in [1.807, 2.05) is 6.92 Å². The molecule has 0 saturated heterocycles. The molecule has 23 heavy (non-hydrogen) atoms. The zero-order valence-electron chi connectivity index (χ0n) is 12.9. The van der Waals surface area contributed by atoms with Crippen LogP contribution in [0.15, 0.2) is 47.6 Å². The van der Waals surface area contributed by atoms with E-state index in [1.54, 1.807) is 43.5 Å². The number of hydrogen-bond donors (Lipinski definition) is 2. The number of nitrogens with one attached hydrogen (secondary N) is 1. The molecule has 2 aromatic rings. The van der Waals surface area contributed by atoms with Crippen molar-refractivity contribution in [2.45, 2.75) is 6.92 Å². The quantitative estimate of drug-likeness (QED) is 0.634. The van der Waals surface area contributed by atoms with Crippen LogP contribution in [-0.2, 0) is 0 Å². The van der Waals surface area contributed by atoms with Crippen LogP contribution in [0.5, 0.6) is 17.2 Å². The van der Waals surface area contributed by atoms with Gasteiger partial charge in [0.1, 0.15) is 5.75 Å². The summed E-state index contributed by atoms with van der Waals surface area (Å²) in [6.45, 7) is 2.28. The number of rotatable bonds is 6. The number of hydrogen-bond acceptors (Lipinski definition) is 5. The summed E-state index contributed by atoms with van der Waals surface area (Å²) in [6.07, 6.45) is 1.48. The summed E-state index contributed by atoms with van der Waals surface area (Å²) in [5.74, 6) is 0.787. The smallest absolute Gasteiger partial charge is 0.271 e. The minimum Gasteiger partial charge on any atom is -0.504 e. The van der Waals surface area contributed by atoms with E-state index in [-0.39, 0.29) is 11.7 Å². The highest BCUT2D eigenvalue weighted by atomic mass is 16.5. The average molecular weight is 314 g/mol. The largest absolute Gasteiger partial charge is 0.504 e. The van der Waals surface area contributed by atoms with Crippen molar-refractivity contribution in [1.82, 2.24) is 5.43 Å². The second kappa shape index (κ2) is 7.84. The number of ether oxygens (including phenoxy) is 2. The van der Waals surface area contributed by atoms with Gasteiger partial charge in [0.05, 0.1) is 19.9 Å². The van der Waals surface area contributed by atoms with Gasteiger partial charge in [0.2, 0.25) is 0 Å². The number of nitrogens with zero attached hydrogens (tertiary/aromatic N) is 1. The first-order valence-electron chi connectivity index (χ1n) is 7.07. The van der Waals surface area contributed by atoms with Crippen LogP contribution in [0.3, 0.4) is 0 Å². The van der Waals surface area contributed by atoms with Crippen LogP contribution in [0.2, 0.25) is 0 Å². The fourth-order valence-electron chi connectivity index (χ4n) is 1.85. The fraction of sp³-hybridized carbons (Fsp3) is 0.176. The number of amides is 1. The summed E-state index contributed by atoms with van der Waals surface area (Å²) in [5, 5.41) is 13.5. The molecule has 2 rings (SSSR count). The molecule has 2 N–H and O–H groups in total. The number of benzene rings is 2. The molecule has 0 radical (unpaired) electrons. The Morgan fingerprint density at radius 2 is 2.00 bits per heavy atom. The highest BCUT2D eigenvalue weighted by molar-refractivity contribution is 5.95.